The van der Waals surface area contributed by atoms with E-state index in [4.69, 9.17) is 15.5 Å². The SMILES string of the molecule is CCc1nc(C(N)=O)c(Nc2ccc3c(c2)OCC(=O)N3CCN2CCN(C)CC2)nc1NC1CCC(O)CC1. The third-order valence-corrected chi connectivity index (χ3v) is 7.98. The number of nitrogens with two attached hydrogens (primary N) is 1. The highest BCUT2D eigenvalue weighted by Gasteiger charge is 2.27. The van der Waals surface area contributed by atoms with Gasteiger partial charge in [-0.15, -0.1) is 0 Å². The van der Waals surface area contributed by atoms with Crippen LogP contribution in [0.3, 0.4) is 0 Å². The van der Waals surface area contributed by atoms with Crippen LogP contribution < -0.4 is 26.0 Å². The van der Waals surface area contributed by atoms with Crippen molar-refractivity contribution < 1.29 is 19.4 Å². The van der Waals surface area contributed by atoms with Gasteiger partial charge in [0.15, 0.2) is 18.1 Å². The quantitative estimate of drug-likeness (QED) is 0.361. The van der Waals surface area contributed by atoms with E-state index in [1.807, 2.05) is 19.1 Å². The number of rotatable bonds is 9. The first-order chi connectivity index (χ1) is 19.3. The number of hydrogen-bond acceptors (Lipinski definition) is 10. The number of carbonyl (C=O) groups is 2. The summed E-state index contributed by atoms with van der Waals surface area (Å²) in [6.07, 6.45) is 3.46. The van der Waals surface area contributed by atoms with Gasteiger partial charge in [-0.05, 0) is 51.3 Å². The van der Waals surface area contributed by atoms with Crippen LogP contribution in [-0.2, 0) is 11.2 Å². The number of likely N-dealkylation sites (N-methyl/N-ethyl adjacent to an activating group) is 1. The predicted molar refractivity (Wildman–Crippen MR) is 153 cm³/mol. The molecule has 216 valence electrons. The minimum absolute atomic E-state index is 0.0269. The molecule has 3 heterocycles. The molecule has 0 atom stereocenters. The number of primary amides is 1. The third-order valence-electron chi connectivity index (χ3n) is 7.98. The molecule has 3 aliphatic rings. The van der Waals surface area contributed by atoms with E-state index in [9.17, 15) is 14.7 Å². The molecule has 12 nitrogen and oxygen atoms in total. The monoisotopic (exact) mass is 552 g/mol. The summed E-state index contributed by atoms with van der Waals surface area (Å²) in [5, 5.41) is 16.5. The number of piperazine rings is 1. The van der Waals surface area contributed by atoms with Crippen LogP contribution in [0.25, 0.3) is 0 Å². The van der Waals surface area contributed by atoms with Crippen molar-refractivity contribution in [2.24, 2.45) is 5.73 Å². The highest BCUT2D eigenvalue weighted by Crippen LogP contribution is 2.36. The lowest BCUT2D eigenvalue weighted by molar-refractivity contribution is -0.121. The number of nitrogens with one attached hydrogen (secondary N) is 2. The smallest absolute Gasteiger partial charge is 0.271 e. The maximum Gasteiger partial charge on any atom is 0.271 e. The van der Waals surface area contributed by atoms with Crippen LogP contribution in [0.1, 0.15) is 48.8 Å². The number of anilines is 4. The van der Waals surface area contributed by atoms with Crippen LogP contribution in [0.15, 0.2) is 18.2 Å². The molecule has 1 aromatic carbocycles. The van der Waals surface area contributed by atoms with Gasteiger partial charge in [0.05, 0.1) is 17.5 Å². The molecule has 0 spiro atoms. The fraction of sp³-hybridized carbons (Fsp3) is 0.571. The second kappa shape index (κ2) is 12.4. The number of aliphatic hydroxyl groups is 1. The second-order valence-electron chi connectivity index (χ2n) is 10.9. The van der Waals surface area contributed by atoms with Gasteiger partial charge in [-0.1, -0.05) is 6.92 Å². The number of aliphatic hydroxyl groups excluding tert-OH is 1. The molecule has 2 amide bonds. The van der Waals surface area contributed by atoms with Crippen molar-refractivity contribution in [1.29, 1.82) is 0 Å². The maximum absolute atomic E-state index is 12.7. The van der Waals surface area contributed by atoms with Crippen molar-refractivity contribution in [2.75, 3.05) is 68.5 Å². The number of benzene rings is 1. The first kappa shape index (κ1) is 28.1. The van der Waals surface area contributed by atoms with E-state index in [0.29, 0.717) is 35.9 Å². The molecule has 0 bridgehead atoms. The molecule has 1 saturated heterocycles. The molecular weight excluding hydrogens is 512 g/mol. The molecule has 5 N–H and O–H groups in total. The van der Waals surface area contributed by atoms with Gasteiger partial charge in [0.1, 0.15) is 11.6 Å². The fourth-order valence-corrected chi connectivity index (χ4v) is 5.48. The Labute approximate surface area is 234 Å². The van der Waals surface area contributed by atoms with E-state index in [1.54, 1.807) is 11.0 Å². The largest absolute Gasteiger partial charge is 0.481 e. The molecule has 5 rings (SSSR count). The number of aryl methyl sites for hydroxylation is 1. The van der Waals surface area contributed by atoms with Gasteiger partial charge in [0.2, 0.25) is 0 Å². The van der Waals surface area contributed by atoms with Crippen molar-refractivity contribution in [3.63, 3.8) is 0 Å². The predicted octanol–water partition coefficient (Wildman–Crippen LogP) is 1.57. The molecule has 1 aliphatic carbocycles. The number of aromatic nitrogens is 2. The summed E-state index contributed by atoms with van der Waals surface area (Å²) >= 11 is 0. The number of fused-ring (bicyclic) bond motifs is 1. The van der Waals surface area contributed by atoms with Gasteiger partial charge in [-0.3, -0.25) is 14.5 Å². The summed E-state index contributed by atoms with van der Waals surface area (Å²) in [4.78, 5) is 40.8. The fourth-order valence-electron chi connectivity index (χ4n) is 5.48. The molecule has 2 aliphatic heterocycles. The number of amides is 2. The molecule has 0 unspecified atom stereocenters. The summed E-state index contributed by atoms with van der Waals surface area (Å²) in [5.41, 5.74) is 7.76. The van der Waals surface area contributed by atoms with E-state index in [2.05, 4.69) is 32.5 Å². The first-order valence-corrected chi connectivity index (χ1v) is 14.2. The van der Waals surface area contributed by atoms with E-state index in [-0.39, 0.29) is 36.2 Å². The highest BCUT2D eigenvalue weighted by molar-refractivity contribution is 5.99. The highest BCUT2D eigenvalue weighted by atomic mass is 16.5. The van der Waals surface area contributed by atoms with Gasteiger partial charge >= 0.3 is 0 Å². The van der Waals surface area contributed by atoms with E-state index in [1.165, 1.54) is 0 Å². The van der Waals surface area contributed by atoms with Crippen LogP contribution in [0.2, 0.25) is 0 Å². The summed E-state index contributed by atoms with van der Waals surface area (Å²) in [5.74, 6) is 0.700. The lowest BCUT2D eigenvalue weighted by atomic mass is 9.93. The maximum atomic E-state index is 12.7. The Kier molecular flexibility index (Phi) is 8.67. The first-order valence-electron chi connectivity index (χ1n) is 14.2. The Balaban J connectivity index is 1.34. The van der Waals surface area contributed by atoms with E-state index in [0.717, 1.165) is 64.1 Å². The summed E-state index contributed by atoms with van der Waals surface area (Å²) in [6.45, 7) is 7.36. The Morgan fingerprint density at radius 1 is 1.10 bits per heavy atom. The Morgan fingerprint density at radius 2 is 1.85 bits per heavy atom. The molecule has 0 radical (unpaired) electrons. The zero-order valence-electron chi connectivity index (χ0n) is 23.4. The van der Waals surface area contributed by atoms with Crippen LogP contribution in [0.5, 0.6) is 5.75 Å². The average Bonchev–Trinajstić information content (AvgIpc) is 2.94. The average molecular weight is 553 g/mol. The molecule has 2 aromatic rings. The van der Waals surface area contributed by atoms with Gasteiger partial charge in [-0.25, -0.2) is 9.97 Å². The zero-order valence-corrected chi connectivity index (χ0v) is 23.4. The van der Waals surface area contributed by atoms with Crippen molar-refractivity contribution in [1.82, 2.24) is 19.8 Å². The summed E-state index contributed by atoms with van der Waals surface area (Å²) in [7, 11) is 2.13. The number of hydrogen-bond donors (Lipinski definition) is 4. The van der Waals surface area contributed by atoms with Crippen molar-refractivity contribution in [2.45, 2.75) is 51.2 Å². The van der Waals surface area contributed by atoms with Gasteiger partial charge < -0.3 is 36.0 Å². The Hall–Kier alpha value is -3.48. The van der Waals surface area contributed by atoms with Crippen LogP contribution in [0.4, 0.5) is 23.0 Å². The van der Waals surface area contributed by atoms with Gasteiger partial charge in [-0.2, -0.15) is 0 Å². The minimum Gasteiger partial charge on any atom is -0.481 e. The Bertz CT molecular complexity index is 1230. The molecule has 1 aromatic heterocycles. The third kappa shape index (κ3) is 6.45. The standard InChI is InChI=1S/C28H40N8O4/c1-3-21-27(30-18-4-7-20(37)8-5-18)33-28(25(32-21)26(29)39)31-19-6-9-22-23(16-19)40-17-24(38)36(22)15-14-35-12-10-34(2)11-13-35/h6,9,16,18,20,37H,3-5,7-8,10-15,17H2,1-2H3,(H2,29,39)(H2,30,31,33). The van der Waals surface area contributed by atoms with Crippen LogP contribution in [-0.4, -0.2) is 102 Å². The van der Waals surface area contributed by atoms with Crippen LogP contribution in [0, 0.1) is 0 Å². The Morgan fingerprint density at radius 3 is 2.55 bits per heavy atom. The molecule has 2 fully saturated rings. The number of ether oxygens (including phenoxy) is 1. The molecular formula is C28H40N8O4. The van der Waals surface area contributed by atoms with E-state index >= 15 is 0 Å². The number of nitrogens with zero attached hydrogens (tertiary/aromatic N) is 5. The van der Waals surface area contributed by atoms with Crippen molar-refractivity contribution in [3.05, 3.63) is 29.6 Å². The summed E-state index contributed by atoms with van der Waals surface area (Å²) in [6, 6.07) is 5.66. The van der Waals surface area contributed by atoms with Gasteiger partial charge in [0, 0.05) is 57.1 Å². The molecule has 1 saturated carbocycles. The lowest BCUT2D eigenvalue weighted by Crippen LogP contribution is -2.49. The number of carbonyl (C=O) groups excluding carboxylic acids is 2. The van der Waals surface area contributed by atoms with Crippen LogP contribution >= 0.6 is 0 Å². The zero-order chi connectivity index (χ0) is 28.2. The lowest BCUT2D eigenvalue weighted by Gasteiger charge is -2.35. The normalized spacial score (nSPS) is 22.0. The van der Waals surface area contributed by atoms with Crippen molar-refractivity contribution >= 4 is 34.8 Å². The molecule has 12 heteroatoms. The molecule has 40 heavy (non-hydrogen) atoms. The minimum atomic E-state index is -0.674. The topological polar surface area (TPSA) is 149 Å². The van der Waals surface area contributed by atoms with Gasteiger partial charge in [0.25, 0.3) is 11.8 Å². The summed E-state index contributed by atoms with van der Waals surface area (Å²) < 4.78 is 5.79. The van der Waals surface area contributed by atoms with E-state index < -0.39 is 5.91 Å². The van der Waals surface area contributed by atoms with Crippen molar-refractivity contribution in [3.8, 4) is 5.75 Å². The second-order valence-corrected chi connectivity index (χ2v) is 10.9.